The van der Waals surface area contributed by atoms with Gasteiger partial charge in [-0.25, -0.2) is 0 Å². The van der Waals surface area contributed by atoms with Gasteiger partial charge in [-0.3, -0.25) is 14.5 Å². The lowest BCUT2D eigenvalue weighted by molar-refractivity contribution is -0.125. The number of nitrogens with zero attached hydrogens (tertiary/aromatic N) is 1. The zero-order chi connectivity index (χ0) is 13.5. The van der Waals surface area contributed by atoms with E-state index in [4.69, 9.17) is 5.11 Å². The lowest BCUT2D eigenvalue weighted by atomic mass is 9.84. The Bertz CT molecular complexity index is 532. The van der Waals surface area contributed by atoms with Gasteiger partial charge in [0.25, 0.3) is 0 Å². The van der Waals surface area contributed by atoms with Gasteiger partial charge in [-0.05, 0) is 30.5 Å². The Morgan fingerprint density at radius 1 is 1.21 bits per heavy atom. The lowest BCUT2D eigenvalue weighted by Gasteiger charge is -2.21. The fourth-order valence-electron chi connectivity index (χ4n) is 3.29. The first-order valence-corrected chi connectivity index (χ1v) is 6.73. The third-order valence-corrected chi connectivity index (χ3v) is 4.31. The highest BCUT2D eigenvalue weighted by Crippen LogP contribution is 2.47. The maximum absolute atomic E-state index is 12.6. The quantitative estimate of drug-likeness (QED) is 0.826. The number of aliphatic hydroxyl groups is 1. The van der Waals surface area contributed by atoms with Gasteiger partial charge < -0.3 is 5.11 Å². The Kier molecular flexibility index (Phi) is 2.90. The molecule has 1 aliphatic heterocycles. The highest BCUT2D eigenvalue weighted by atomic mass is 16.3. The molecular formula is C15H17NO3. The van der Waals surface area contributed by atoms with Crippen LogP contribution in [-0.4, -0.2) is 16.9 Å². The summed E-state index contributed by atoms with van der Waals surface area (Å²) in [5, 5.41) is 9.15. The zero-order valence-corrected chi connectivity index (χ0v) is 10.8. The molecule has 2 aliphatic rings. The van der Waals surface area contributed by atoms with E-state index in [1.165, 1.54) is 4.90 Å². The largest absolute Gasteiger partial charge is 0.392 e. The van der Waals surface area contributed by atoms with Crippen molar-refractivity contribution in [2.24, 2.45) is 5.41 Å². The van der Waals surface area contributed by atoms with E-state index in [-0.39, 0.29) is 18.4 Å². The number of carbonyl (C=O) groups is 2. The number of hydrogen-bond donors (Lipinski definition) is 1. The number of imide groups is 1. The Labute approximate surface area is 112 Å². The molecule has 1 aromatic carbocycles. The van der Waals surface area contributed by atoms with Crippen molar-refractivity contribution in [3.8, 4) is 0 Å². The maximum atomic E-state index is 12.6. The fraction of sp³-hybridized carbons (Fsp3) is 0.467. The molecule has 0 bridgehead atoms. The van der Waals surface area contributed by atoms with Crippen molar-refractivity contribution < 1.29 is 14.7 Å². The Hall–Kier alpha value is -1.68. The Morgan fingerprint density at radius 2 is 1.95 bits per heavy atom. The molecule has 1 aromatic rings. The van der Waals surface area contributed by atoms with Crippen LogP contribution in [0.2, 0.25) is 0 Å². The van der Waals surface area contributed by atoms with Crippen LogP contribution in [0.25, 0.3) is 0 Å². The van der Waals surface area contributed by atoms with Crippen molar-refractivity contribution in [2.75, 3.05) is 4.90 Å². The minimum Gasteiger partial charge on any atom is -0.392 e. The zero-order valence-electron chi connectivity index (χ0n) is 10.8. The molecule has 2 fully saturated rings. The van der Waals surface area contributed by atoms with Gasteiger partial charge in [0, 0.05) is 6.42 Å². The molecule has 4 heteroatoms. The molecule has 2 amide bonds. The summed E-state index contributed by atoms with van der Waals surface area (Å²) in [6.45, 7) is -0.0881. The molecule has 4 nitrogen and oxygen atoms in total. The minimum absolute atomic E-state index is 0.0508. The van der Waals surface area contributed by atoms with Crippen LogP contribution in [0.4, 0.5) is 5.69 Å². The van der Waals surface area contributed by atoms with Crippen molar-refractivity contribution in [1.82, 2.24) is 0 Å². The maximum Gasteiger partial charge on any atom is 0.240 e. The van der Waals surface area contributed by atoms with Gasteiger partial charge in [0.15, 0.2) is 0 Å². The minimum atomic E-state index is -0.438. The summed E-state index contributed by atoms with van der Waals surface area (Å²) in [4.78, 5) is 26.1. The second kappa shape index (κ2) is 4.46. The third-order valence-electron chi connectivity index (χ3n) is 4.31. The van der Waals surface area contributed by atoms with E-state index in [9.17, 15) is 9.59 Å². The standard InChI is InChI=1S/C15H17NO3/c17-10-11-4-3-5-12(8-11)16-13(18)9-15(14(16)19)6-1-2-7-15/h3-5,8,17H,1-2,6-7,9-10H2. The molecule has 0 unspecified atom stereocenters. The molecule has 1 N–H and O–H groups in total. The van der Waals surface area contributed by atoms with Gasteiger partial charge in [-0.1, -0.05) is 25.0 Å². The normalized spacial score (nSPS) is 21.6. The second-order valence-corrected chi connectivity index (χ2v) is 5.53. The number of hydrogen-bond acceptors (Lipinski definition) is 3. The monoisotopic (exact) mass is 259 g/mol. The van der Waals surface area contributed by atoms with Crippen molar-refractivity contribution in [3.63, 3.8) is 0 Å². The van der Waals surface area contributed by atoms with E-state index in [1.807, 2.05) is 0 Å². The van der Waals surface area contributed by atoms with E-state index in [0.29, 0.717) is 17.7 Å². The summed E-state index contributed by atoms with van der Waals surface area (Å²) >= 11 is 0. The van der Waals surface area contributed by atoms with E-state index < -0.39 is 5.41 Å². The summed E-state index contributed by atoms with van der Waals surface area (Å²) in [5.74, 6) is -0.160. The van der Waals surface area contributed by atoms with E-state index in [1.54, 1.807) is 24.3 Å². The predicted molar refractivity (Wildman–Crippen MR) is 70.4 cm³/mol. The summed E-state index contributed by atoms with van der Waals surface area (Å²) < 4.78 is 0. The van der Waals surface area contributed by atoms with E-state index in [2.05, 4.69) is 0 Å². The van der Waals surface area contributed by atoms with Gasteiger partial charge in [0.2, 0.25) is 11.8 Å². The second-order valence-electron chi connectivity index (χ2n) is 5.53. The van der Waals surface area contributed by atoms with Crippen LogP contribution < -0.4 is 4.90 Å². The highest BCUT2D eigenvalue weighted by Gasteiger charge is 2.52. The SMILES string of the molecule is O=C1CC2(CCCC2)C(=O)N1c1cccc(CO)c1. The molecule has 1 heterocycles. The van der Waals surface area contributed by atoms with Crippen LogP contribution in [0.3, 0.4) is 0 Å². The summed E-state index contributed by atoms with van der Waals surface area (Å²) in [6, 6.07) is 7.01. The van der Waals surface area contributed by atoms with Crippen molar-refractivity contribution >= 4 is 17.5 Å². The summed E-state index contributed by atoms with van der Waals surface area (Å²) in [7, 11) is 0. The number of amides is 2. The van der Waals surface area contributed by atoms with Crippen LogP contribution in [0, 0.1) is 5.41 Å². The molecule has 0 atom stereocenters. The number of aliphatic hydroxyl groups excluding tert-OH is 1. The predicted octanol–water partition coefficient (Wildman–Crippen LogP) is 2.00. The molecule has 0 radical (unpaired) electrons. The van der Waals surface area contributed by atoms with E-state index >= 15 is 0 Å². The number of rotatable bonds is 2. The van der Waals surface area contributed by atoms with Gasteiger partial charge in [0.05, 0.1) is 17.7 Å². The number of carbonyl (C=O) groups excluding carboxylic acids is 2. The van der Waals surface area contributed by atoms with Gasteiger partial charge in [-0.2, -0.15) is 0 Å². The van der Waals surface area contributed by atoms with E-state index in [0.717, 1.165) is 25.7 Å². The summed E-state index contributed by atoms with van der Waals surface area (Å²) in [5.41, 5.74) is 0.863. The van der Waals surface area contributed by atoms with Gasteiger partial charge in [0.1, 0.15) is 0 Å². The first-order chi connectivity index (χ1) is 9.16. The van der Waals surface area contributed by atoms with Crippen molar-refractivity contribution in [3.05, 3.63) is 29.8 Å². The molecule has 19 heavy (non-hydrogen) atoms. The van der Waals surface area contributed by atoms with Gasteiger partial charge >= 0.3 is 0 Å². The van der Waals surface area contributed by atoms with Crippen molar-refractivity contribution in [2.45, 2.75) is 38.7 Å². The first-order valence-electron chi connectivity index (χ1n) is 6.73. The van der Waals surface area contributed by atoms with Crippen LogP contribution in [0.1, 0.15) is 37.7 Å². The van der Waals surface area contributed by atoms with Crippen molar-refractivity contribution in [1.29, 1.82) is 0 Å². The first kappa shape index (κ1) is 12.4. The average molecular weight is 259 g/mol. The molecule has 1 aliphatic carbocycles. The summed E-state index contributed by atoms with van der Waals surface area (Å²) in [6.07, 6.45) is 4.06. The molecule has 3 rings (SSSR count). The highest BCUT2D eigenvalue weighted by molar-refractivity contribution is 6.22. The Morgan fingerprint density at radius 3 is 2.63 bits per heavy atom. The topological polar surface area (TPSA) is 57.6 Å². The van der Waals surface area contributed by atoms with Crippen LogP contribution in [-0.2, 0) is 16.2 Å². The number of anilines is 1. The van der Waals surface area contributed by atoms with Gasteiger partial charge in [-0.15, -0.1) is 0 Å². The van der Waals surface area contributed by atoms with Crippen LogP contribution in [0.15, 0.2) is 24.3 Å². The molecule has 1 saturated heterocycles. The van der Waals surface area contributed by atoms with Crippen LogP contribution >= 0.6 is 0 Å². The molecular weight excluding hydrogens is 242 g/mol. The molecule has 0 aromatic heterocycles. The smallest absolute Gasteiger partial charge is 0.240 e. The molecule has 1 spiro atoms. The molecule has 1 saturated carbocycles. The fourth-order valence-corrected chi connectivity index (χ4v) is 3.29. The molecule has 100 valence electrons. The third kappa shape index (κ3) is 1.87. The number of benzene rings is 1. The van der Waals surface area contributed by atoms with Crippen LogP contribution in [0.5, 0.6) is 0 Å². The lowest BCUT2D eigenvalue weighted by Crippen LogP contribution is -2.34. The average Bonchev–Trinajstić information content (AvgIpc) is 2.97. The Balaban J connectivity index is 1.96.